The average Bonchev–Trinajstić information content (AvgIpc) is 3.16. The molecule has 1 N–H and O–H groups in total. The van der Waals surface area contributed by atoms with Crippen LogP contribution in [0.15, 0.2) is 55.1 Å². The molecule has 1 aliphatic heterocycles. The standard InChI is InChI=1S/C21H17F2N7O/c22-20(23)14-8-13(10-24-11-14)16-2-3-18-26-12-17(30(18)28-16)21(31)27-15-4-5-25-19(9-15)29-6-1-7-29/h2-5,8-12,20H,1,6-7H2,(H,25,27,31). The van der Waals surface area contributed by atoms with Crippen molar-refractivity contribution in [3.05, 3.63) is 66.4 Å². The molecule has 0 aromatic carbocycles. The summed E-state index contributed by atoms with van der Waals surface area (Å²) in [6, 6.07) is 8.18. The van der Waals surface area contributed by atoms with Gasteiger partial charge in [-0.15, -0.1) is 0 Å². The second-order valence-corrected chi connectivity index (χ2v) is 7.14. The molecule has 0 unspecified atom stereocenters. The van der Waals surface area contributed by atoms with Crippen LogP contribution < -0.4 is 10.2 Å². The van der Waals surface area contributed by atoms with Gasteiger partial charge in [-0.1, -0.05) is 0 Å². The van der Waals surface area contributed by atoms with E-state index in [-0.39, 0.29) is 11.3 Å². The Kier molecular flexibility index (Phi) is 4.73. The Hall–Kier alpha value is -3.95. The van der Waals surface area contributed by atoms with Crippen LogP contribution in [0.5, 0.6) is 0 Å². The van der Waals surface area contributed by atoms with Gasteiger partial charge in [0.25, 0.3) is 12.3 Å². The number of nitrogens with zero attached hydrogens (tertiary/aromatic N) is 6. The molecule has 4 aromatic heterocycles. The number of hydrogen-bond donors (Lipinski definition) is 1. The second kappa shape index (κ2) is 7.71. The Bertz CT molecular complexity index is 1270. The molecule has 5 heterocycles. The first-order chi connectivity index (χ1) is 15.1. The zero-order chi connectivity index (χ0) is 21.4. The van der Waals surface area contributed by atoms with Crippen LogP contribution in [0.2, 0.25) is 0 Å². The molecule has 4 aromatic rings. The molecular formula is C21H17F2N7O. The zero-order valence-corrected chi connectivity index (χ0v) is 16.2. The molecule has 1 saturated heterocycles. The summed E-state index contributed by atoms with van der Waals surface area (Å²) >= 11 is 0. The predicted molar refractivity (Wildman–Crippen MR) is 110 cm³/mol. The third-order valence-electron chi connectivity index (χ3n) is 5.09. The average molecular weight is 421 g/mol. The lowest BCUT2D eigenvalue weighted by Crippen LogP contribution is -2.37. The van der Waals surface area contributed by atoms with E-state index >= 15 is 0 Å². The van der Waals surface area contributed by atoms with Crippen molar-refractivity contribution in [3.8, 4) is 11.3 Å². The zero-order valence-electron chi connectivity index (χ0n) is 16.2. The number of nitrogens with one attached hydrogen (secondary N) is 1. The van der Waals surface area contributed by atoms with E-state index in [1.54, 1.807) is 24.4 Å². The van der Waals surface area contributed by atoms with E-state index in [0.717, 1.165) is 31.5 Å². The summed E-state index contributed by atoms with van der Waals surface area (Å²) in [6.45, 7) is 1.90. The summed E-state index contributed by atoms with van der Waals surface area (Å²) in [5.41, 5.74) is 1.92. The van der Waals surface area contributed by atoms with Gasteiger partial charge < -0.3 is 10.2 Å². The molecule has 0 radical (unpaired) electrons. The van der Waals surface area contributed by atoms with Crippen LogP contribution >= 0.6 is 0 Å². The van der Waals surface area contributed by atoms with Gasteiger partial charge in [0.1, 0.15) is 5.82 Å². The molecule has 31 heavy (non-hydrogen) atoms. The number of aromatic nitrogens is 5. The number of hydrogen-bond acceptors (Lipinski definition) is 6. The first-order valence-electron chi connectivity index (χ1n) is 9.69. The van der Waals surface area contributed by atoms with Crippen molar-refractivity contribution in [3.63, 3.8) is 0 Å². The van der Waals surface area contributed by atoms with Gasteiger partial charge >= 0.3 is 0 Å². The summed E-state index contributed by atoms with van der Waals surface area (Å²) < 4.78 is 27.4. The van der Waals surface area contributed by atoms with E-state index in [4.69, 9.17) is 0 Å². The van der Waals surface area contributed by atoms with Crippen molar-refractivity contribution in [1.82, 2.24) is 24.6 Å². The molecule has 0 saturated carbocycles. The number of halogens is 2. The van der Waals surface area contributed by atoms with Gasteiger partial charge in [0, 0.05) is 54.6 Å². The van der Waals surface area contributed by atoms with E-state index in [0.29, 0.717) is 22.6 Å². The highest BCUT2D eigenvalue weighted by Crippen LogP contribution is 2.24. The third kappa shape index (κ3) is 3.67. The Labute approximate surface area is 175 Å². The molecule has 156 valence electrons. The fourth-order valence-electron chi connectivity index (χ4n) is 3.31. The van der Waals surface area contributed by atoms with Gasteiger partial charge in [-0.25, -0.2) is 23.3 Å². The Morgan fingerprint density at radius 1 is 1.06 bits per heavy atom. The molecule has 5 rings (SSSR count). The van der Waals surface area contributed by atoms with Crippen molar-refractivity contribution in [1.29, 1.82) is 0 Å². The first-order valence-corrected chi connectivity index (χ1v) is 9.69. The van der Waals surface area contributed by atoms with E-state index in [1.807, 2.05) is 6.07 Å². The minimum absolute atomic E-state index is 0.196. The lowest BCUT2D eigenvalue weighted by atomic mass is 10.1. The van der Waals surface area contributed by atoms with Crippen LogP contribution in [-0.4, -0.2) is 43.6 Å². The van der Waals surface area contributed by atoms with Crippen LogP contribution in [0.3, 0.4) is 0 Å². The number of amides is 1. The normalized spacial score (nSPS) is 13.5. The summed E-state index contributed by atoms with van der Waals surface area (Å²) in [7, 11) is 0. The molecular weight excluding hydrogens is 404 g/mol. The van der Waals surface area contributed by atoms with E-state index < -0.39 is 12.3 Å². The quantitative estimate of drug-likeness (QED) is 0.530. The van der Waals surface area contributed by atoms with E-state index in [1.165, 1.54) is 23.0 Å². The summed E-state index contributed by atoms with van der Waals surface area (Å²) in [5, 5.41) is 7.27. The Balaban J connectivity index is 1.44. The maximum atomic E-state index is 13.0. The van der Waals surface area contributed by atoms with Crippen LogP contribution in [-0.2, 0) is 0 Å². The lowest BCUT2D eigenvalue weighted by Gasteiger charge is -2.32. The fourth-order valence-corrected chi connectivity index (χ4v) is 3.31. The summed E-state index contributed by atoms with van der Waals surface area (Å²) in [4.78, 5) is 27.4. The summed E-state index contributed by atoms with van der Waals surface area (Å²) in [5.74, 6) is 0.423. The molecule has 0 aliphatic carbocycles. The predicted octanol–water partition coefficient (Wildman–Crippen LogP) is 3.59. The fraction of sp³-hybridized carbons (Fsp3) is 0.190. The largest absolute Gasteiger partial charge is 0.356 e. The van der Waals surface area contributed by atoms with Gasteiger partial charge in [0.2, 0.25) is 0 Å². The topological polar surface area (TPSA) is 88.3 Å². The molecule has 1 aliphatic rings. The molecule has 10 heteroatoms. The van der Waals surface area contributed by atoms with Gasteiger partial charge in [-0.2, -0.15) is 5.10 Å². The van der Waals surface area contributed by atoms with Crippen molar-refractivity contribution in [2.24, 2.45) is 0 Å². The van der Waals surface area contributed by atoms with Gasteiger partial charge in [0.15, 0.2) is 11.3 Å². The number of imidazole rings is 1. The molecule has 1 fully saturated rings. The van der Waals surface area contributed by atoms with Crippen molar-refractivity contribution in [2.45, 2.75) is 12.8 Å². The SMILES string of the molecule is O=C(Nc1ccnc(N2CCC2)c1)c1cnc2ccc(-c3cncc(C(F)F)c3)nn12. The number of carbonyl (C=O) groups is 1. The minimum atomic E-state index is -2.63. The maximum Gasteiger partial charge on any atom is 0.276 e. The smallest absolute Gasteiger partial charge is 0.276 e. The Morgan fingerprint density at radius 2 is 1.94 bits per heavy atom. The maximum absolute atomic E-state index is 13.0. The van der Waals surface area contributed by atoms with Crippen LogP contribution in [0, 0.1) is 0 Å². The van der Waals surface area contributed by atoms with Crippen LogP contribution in [0.25, 0.3) is 16.9 Å². The molecule has 0 spiro atoms. The number of rotatable bonds is 5. The third-order valence-corrected chi connectivity index (χ3v) is 5.09. The minimum Gasteiger partial charge on any atom is -0.356 e. The molecule has 0 atom stereocenters. The van der Waals surface area contributed by atoms with Crippen molar-refractivity contribution >= 4 is 23.1 Å². The van der Waals surface area contributed by atoms with Gasteiger partial charge in [0.05, 0.1) is 11.9 Å². The first kappa shape index (κ1) is 19.0. The number of pyridine rings is 2. The van der Waals surface area contributed by atoms with Crippen LogP contribution in [0.4, 0.5) is 20.3 Å². The second-order valence-electron chi connectivity index (χ2n) is 7.14. The van der Waals surface area contributed by atoms with Gasteiger partial charge in [-0.3, -0.25) is 9.78 Å². The van der Waals surface area contributed by atoms with E-state index in [2.05, 4.69) is 30.3 Å². The number of fused-ring (bicyclic) bond motifs is 1. The highest BCUT2D eigenvalue weighted by molar-refractivity contribution is 6.03. The van der Waals surface area contributed by atoms with E-state index in [9.17, 15) is 13.6 Å². The highest BCUT2D eigenvalue weighted by atomic mass is 19.3. The molecule has 8 nitrogen and oxygen atoms in total. The number of anilines is 2. The Morgan fingerprint density at radius 3 is 2.71 bits per heavy atom. The lowest BCUT2D eigenvalue weighted by molar-refractivity contribution is 0.102. The monoisotopic (exact) mass is 421 g/mol. The number of carbonyl (C=O) groups excluding carboxylic acids is 1. The summed E-state index contributed by atoms with van der Waals surface area (Å²) in [6.07, 6.45) is 4.14. The molecule has 0 bridgehead atoms. The van der Waals surface area contributed by atoms with Crippen LogP contribution in [0.1, 0.15) is 28.9 Å². The van der Waals surface area contributed by atoms with Gasteiger partial charge in [-0.05, 0) is 30.7 Å². The molecule has 1 amide bonds. The highest BCUT2D eigenvalue weighted by Gasteiger charge is 2.18. The number of alkyl halides is 2. The van der Waals surface area contributed by atoms with Crippen molar-refractivity contribution < 1.29 is 13.6 Å². The van der Waals surface area contributed by atoms with Crippen molar-refractivity contribution in [2.75, 3.05) is 23.3 Å².